The molecule has 0 aliphatic heterocycles. The average molecular weight is 288 g/mol. The number of nitrogens with two attached hydrogens (primary N) is 1. The van der Waals surface area contributed by atoms with Crippen LogP contribution in [0.2, 0.25) is 0 Å². The van der Waals surface area contributed by atoms with Crippen LogP contribution < -0.4 is 11.1 Å². The molecular formula is C15H20N4O2. The van der Waals surface area contributed by atoms with Crippen molar-refractivity contribution < 1.29 is 9.53 Å². The van der Waals surface area contributed by atoms with Gasteiger partial charge in [-0.2, -0.15) is 5.10 Å². The highest BCUT2D eigenvalue weighted by Crippen LogP contribution is 2.27. The summed E-state index contributed by atoms with van der Waals surface area (Å²) in [5, 5.41) is 7.48. The summed E-state index contributed by atoms with van der Waals surface area (Å²) < 4.78 is 6.53. The van der Waals surface area contributed by atoms with Gasteiger partial charge in [-0.3, -0.25) is 4.68 Å². The summed E-state index contributed by atoms with van der Waals surface area (Å²) in [5.41, 5.74) is 8.26. The first-order valence-electron chi connectivity index (χ1n) is 6.79. The van der Waals surface area contributed by atoms with Crippen LogP contribution in [-0.4, -0.2) is 22.9 Å². The van der Waals surface area contributed by atoms with Crippen molar-refractivity contribution in [2.45, 2.75) is 19.4 Å². The number of esters is 1. The van der Waals surface area contributed by atoms with Crippen molar-refractivity contribution in [3.05, 3.63) is 41.6 Å². The Labute approximate surface area is 123 Å². The van der Waals surface area contributed by atoms with E-state index in [2.05, 4.69) is 10.4 Å². The molecule has 1 unspecified atom stereocenters. The highest BCUT2D eigenvalue weighted by molar-refractivity contribution is 5.82. The van der Waals surface area contributed by atoms with Gasteiger partial charge in [0.05, 0.1) is 18.5 Å². The van der Waals surface area contributed by atoms with Crippen LogP contribution in [0.15, 0.2) is 30.3 Å². The summed E-state index contributed by atoms with van der Waals surface area (Å²) in [6, 6.07) is 8.74. The molecule has 1 atom stereocenters. The molecule has 1 aromatic heterocycles. The zero-order chi connectivity index (χ0) is 15.4. The van der Waals surface area contributed by atoms with Gasteiger partial charge in [0.2, 0.25) is 0 Å². The largest absolute Gasteiger partial charge is 0.467 e. The van der Waals surface area contributed by atoms with Crippen molar-refractivity contribution in [3.63, 3.8) is 0 Å². The quantitative estimate of drug-likeness (QED) is 0.821. The number of aromatic nitrogens is 2. The monoisotopic (exact) mass is 288 g/mol. The molecule has 0 spiro atoms. The van der Waals surface area contributed by atoms with Crippen molar-refractivity contribution in [2.24, 2.45) is 7.05 Å². The molecule has 0 fully saturated rings. The van der Waals surface area contributed by atoms with Gasteiger partial charge >= 0.3 is 5.97 Å². The Hall–Kier alpha value is -2.50. The summed E-state index contributed by atoms with van der Waals surface area (Å²) in [4.78, 5) is 12.1. The molecule has 21 heavy (non-hydrogen) atoms. The molecule has 0 aliphatic rings. The Morgan fingerprint density at radius 3 is 2.62 bits per heavy atom. The molecule has 2 aromatic rings. The molecule has 0 amide bonds. The van der Waals surface area contributed by atoms with Crippen LogP contribution >= 0.6 is 0 Å². The lowest BCUT2D eigenvalue weighted by Crippen LogP contribution is -2.23. The Kier molecular flexibility index (Phi) is 4.47. The van der Waals surface area contributed by atoms with E-state index in [1.165, 1.54) is 7.11 Å². The number of nitrogen functional groups attached to an aromatic ring is 1. The van der Waals surface area contributed by atoms with Gasteiger partial charge in [-0.05, 0) is 12.0 Å². The third-order valence-electron chi connectivity index (χ3n) is 3.35. The maximum absolute atomic E-state index is 12.1. The van der Waals surface area contributed by atoms with E-state index in [0.29, 0.717) is 11.5 Å². The average Bonchev–Trinajstić information content (AvgIpc) is 2.79. The minimum Gasteiger partial charge on any atom is -0.467 e. The molecular weight excluding hydrogens is 268 g/mol. The molecule has 0 saturated carbocycles. The SMILES string of the molecule is CCc1nn(C)c(NC(C(=O)OC)c2ccccc2)c1N. The van der Waals surface area contributed by atoms with E-state index < -0.39 is 6.04 Å². The van der Waals surface area contributed by atoms with Gasteiger partial charge < -0.3 is 15.8 Å². The molecule has 0 aliphatic carbocycles. The number of rotatable bonds is 5. The van der Waals surface area contributed by atoms with Gasteiger partial charge in [0.15, 0.2) is 6.04 Å². The van der Waals surface area contributed by atoms with Gasteiger partial charge in [0.1, 0.15) is 5.82 Å². The molecule has 1 aromatic carbocycles. The molecule has 1 heterocycles. The van der Waals surface area contributed by atoms with Crippen molar-refractivity contribution in [2.75, 3.05) is 18.2 Å². The van der Waals surface area contributed by atoms with Crippen LogP contribution in [0.5, 0.6) is 0 Å². The lowest BCUT2D eigenvalue weighted by atomic mass is 10.1. The number of carbonyl (C=O) groups is 1. The van der Waals surface area contributed by atoms with Crippen LogP contribution in [0.4, 0.5) is 11.5 Å². The van der Waals surface area contributed by atoms with Crippen molar-refractivity contribution >= 4 is 17.5 Å². The Morgan fingerprint density at radius 2 is 2.10 bits per heavy atom. The highest BCUT2D eigenvalue weighted by atomic mass is 16.5. The Bertz CT molecular complexity index is 622. The van der Waals surface area contributed by atoms with Crippen LogP contribution in [0.1, 0.15) is 24.2 Å². The summed E-state index contributed by atoms with van der Waals surface area (Å²) >= 11 is 0. The van der Waals surface area contributed by atoms with Crippen LogP contribution in [-0.2, 0) is 23.0 Å². The fraction of sp³-hybridized carbons (Fsp3) is 0.333. The number of ether oxygens (including phenoxy) is 1. The summed E-state index contributed by atoms with van der Waals surface area (Å²) in [5.74, 6) is 0.242. The standard InChI is InChI=1S/C15H20N4O2/c1-4-11-12(16)14(19(2)18-11)17-13(15(20)21-3)10-8-6-5-7-9-10/h5-9,13,17H,4,16H2,1-3H3. The first kappa shape index (κ1) is 14.9. The number of aryl methyl sites for hydroxylation is 2. The number of anilines is 2. The van der Waals surface area contributed by atoms with Gasteiger partial charge in [-0.25, -0.2) is 4.79 Å². The van der Waals surface area contributed by atoms with E-state index in [-0.39, 0.29) is 5.97 Å². The van der Waals surface area contributed by atoms with E-state index in [1.807, 2.05) is 37.3 Å². The Morgan fingerprint density at radius 1 is 1.43 bits per heavy atom. The molecule has 3 N–H and O–H groups in total. The van der Waals surface area contributed by atoms with Gasteiger partial charge in [-0.15, -0.1) is 0 Å². The molecule has 6 nitrogen and oxygen atoms in total. The topological polar surface area (TPSA) is 82.2 Å². The molecule has 0 bridgehead atoms. The number of benzene rings is 1. The zero-order valence-corrected chi connectivity index (χ0v) is 12.5. The summed E-state index contributed by atoms with van der Waals surface area (Å²) in [6.45, 7) is 1.98. The van der Waals surface area contributed by atoms with Gasteiger partial charge in [-0.1, -0.05) is 37.3 Å². The van der Waals surface area contributed by atoms with Crippen molar-refractivity contribution in [3.8, 4) is 0 Å². The second-order valence-corrected chi connectivity index (χ2v) is 4.70. The van der Waals surface area contributed by atoms with Crippen LogP contribution in [0, 0.1) is 0 Å². The van der Waals surface area contributed by atoms with Crippen LogP contribution in [0.25, 0.3) is 0 Å². The maximum Gasteiger partial charge on any atom is 0.333 e. The molecule has 0 saturated heterocycles. The smallest absolute Gasteiger partial charge is 0.333 e. The van der Waals surface area contributed by atoms with Crippen LogP contribution in [0.3, 0.4) is 0 Å². The predicted octanol–water partition coefficient (Wildman–Crippen LogP) is 1.89. The lowest BCUT2D eigenvalue weighted by molar-refractivity contribution is -0.141. The minimum atomic E-state index is -0.626. The molecule has 0 radical (unpaired) electrons. The fourth-order valence-electron chi connectivity index (χ4n) is 2.21. The zero-order valence-electron chi connectivity index (χ0n) is 12.5. The lowest BCUT2D eigenvalue weighted by Gasteiger charge is -2.18. The predicted molar refractivity (Wildman–Crippen MR) is 81.8 cm³/mol. The minimum absolute atomic E-state index is 0.375. The van der Waals surface area contributed by atoms with E-state index >= 15 is 0 Å². The number of hydrogen-bond acceptors (Lipinski definition) is 5. The second-order valence-electron chi connectivity index (χ2n) is 4.70. The Balaban J connectivity index is 2.36. The summed E-state index contributed by atoms with van der Waals surface area (Å²) in [6.07, 6.45) is 0.732. The number of nitrogens with zero attached hydrogens (tertiary/aromatic N) is 2. The van der Waals surface area contributed by atoms with Gasteiger partial charge in [0.25, 0.3) is 0 Å². The molecule has 112 valence electrons. The second kappa shape index (κ2) is 6.30. The first-order chi connectivity index (χ1) is 10.1. The van der Waals surface area contributed by atoms with Gasteiger partial charge in [0, 0.05) is 7.05 Å². The number of nitrogens with one attached hydrogen (secondary N) is 1. The van der Waals surface area contributed by atoms with Crippen molar-refractivity contribution in [1.82, 2.24) is 9.78 Å². The van der Waals surface area contributed by atoms with E-state index in [9.17, 15) is 4.79 Å². The molecule has 2 rings (SSSR count). The third kappa shape index (κ3) is 2.99. The van der Waals surface area contributed by atoms with E-state index in [4.69, 9.17) is 10.5 Å². The summed E-state index contributed by atoms with van der Waals surface area (Å²) in [7, 11) is 3.15. The van der Waals surface area contributed by atoms with Crippen molar-refractivity contribution in [1.29, 1.82) is 0 Å². The normalized spacial score (nSPS) is 12.0. The number of hydrogen-bond donors (Lipinski definition) is 2. The van der Waals surface area contributed by atoms with E-state index in [0.717, 1.165) is 17.7 Å². The molecule has 6 heteroatoms. The highest BCUT2D eigenvalue weighted by Gasteiger charge is 2.24. The number of methoxy groups -OCH3 is 1. The maximum atomic E-state index is 12.1. The van der Waals surface area contributed by atoms with E-state index in [1.54, 1.807) is 11.7 Å². The number of carbonyl (C=O) groups excluding carboxylic acids is 1. The third-order valence-corrected chi connectivity index (χ3v) is 3.35. The fourth-order valence-corrected chi connectivity index (χ4v) is 2.21. The first-order valence-corrected chi connectivity index (χ1v) is 6.79.